The lowest BCUT2D eigenvalue weighted by Gasteiger charge is -2.23. The molecule has 0 atom stereocenters. The van der Waals surface area contributed by atoms with Crippen LogP contribution in [0.1, 0.15) is 42.5 Å². The van der Waals surface area contributed by atoms with E-state index in [9.17, 15) is 21.6 Å². The Labute approximate surface area is 175 Å². The average Bonchev–Trinajstić information content (AvgIpc) is 2.61. The Hall–Kier alpha value is -2.55. The fraction of sp³-hybridized carbons (Fsp3) is 0.381. The number of nitrogens with one attached hydrogen (secondary N) is 1. The summed E-state index contributed by atoms with van der Waals surface area (Å²) in [6, 6.07) is 10.4. The van der Waals surface area contributed by atoms with E-state index in [2.05, 4.69) is 5.10 Å². The predicted octanol–water partition coefficient (Wildman–Crippen LogP) is 5.51. The van der Waals surface area contributed by atoms with Gasteiger partial charge in [-0.1, -0.05) is 36.2 Å². The van der Waals surface area contributed by atoms with Gasteiger partial charge in [0.2, 0.25) is 0 Å². The molecule has 0 amide bonds. The molecular weight excluding hydrogens is 415 g/mol. The number of rotatable bonds is 7. The van der Waals surface area contributed by atoms with Gasteiger partial charge in [-0.15, -0.1) is 0 Å². The molecule has 0 fully saturated rings. The SMILES string of the molecule is CCCN(/N=C(\C)c1cc(C)ccc1NS(=O)(=O)C(F)(F)F)c1ccc(C)cc1C. The van der Waals surface area contributed by atoms with Crippen LogP contribution >= 0.6 is 0 Å². The number of anilines is 2. The van der Waals surface area contributed by atoms with Gasteiger partial charge in [-0.2, -0.15) is 26.7 Å². The summed E-state index contributed by atoms with van der Waals surface area (Å²) in [7, 11) is -5.54. The monoisotopic (exact) mass is 441 g/mol. The van der Waals surface area contributed by atoms with Gasteiger partial charge in [0.15, 0.2) is 0 Å². The van der Waals surface area contributed by atoms with Gasteiger partial charge in [0, 0.05) is 12.1 Å². The minimum absolute atomic E-state index is 0.170. The predicted molar refractivity (Wildman–Crippen MR) is 116 cm³/mol. The van der Waals surface area contributed by atoms with Crippen molar-refractivity contribution in [3.63, 3.8) is 0 Å². The normalized spacial score (nSPS) is 12.7. The highest BCUT2D eigenvalue weighted by atomic mass is 32.2. The van der Waals surface area contributed by atoms with Crippen LogP contribution in [0.3, 0.4) is 0 Å². The van der Waals surface area contributed by atoms with Crippen molar-refractivity contribution in [3.05, 3.63) is 58.7 Å². The third-order valence-electron chi connectivity index (χ3n) is 4.45. The van der Waals surface area contributed by atoms with Crippen LogP contribution in [0.25, 0.3) is 0 Å². The first-order chi connectivity index (χ1) is 13.9. The van der Waals surface area contributed by atoms with E-state index in [4.69, 9.17) is 0 Å². The Balaban J connectivity index is 2.53. The van der Waals surface area contributed by atoms with Crippen molar-refractivity contribution in [2.75, 3.05) is 16.3 Å². The molecule has 0 aliphatic carbocycles. The van der Waals surface area contributed by atoms with Crippen LogP contribution in [0.15, 0.2) is 41.5 Å². The number of aryl methyl sites for hydroxylation is 3. The zero-order chi connectivity index (χ0) is 22.7. The molecule has 0 bridgehead atoms. The van der Waals surface area contributed by atoms with E-state index in [1.54, 1.807) is 35.7 Å². The minimum Gasteiger partial charge on any atom is -0.275 e. The van der Waals surface area contributed by atoms with Crippen LogP contribution in [-0.2, 0) is 10.0 Å². The van der Waals surface area contributed by atoms with Gasteiger partial charge < -0.3 is 0 Å². The fourth-order valence-electron chi connectivity index (χ4n) is 3.02. The lowest BCUT2D eigenvalue weighted by molar-refractivity contribution is -0.0429. The van der Waals surface area contributed by atoms with E-state index < -0.39 is 15.5 Å². The second kappa shape index (κ2) is 9.07. The third-order valence-corrected chi connectivity index (χ3v) is 5.55. The van der Waals surface area contributed by atoms with Crippen molar-refractivity contribution >= 4 is 27.1 Å². The molecule has 0 radical (unpaired) electrons. The van der Waals surface area contributed by atoms with E-state index in [0.29, 0.717) is 12.3 Å². The van der Waals surface area contributed by atoms with Crippen molar-refractivity contribution in [2.45, 2.75) is 46.5 Å². The zero-order valence-electron chi connectivity index (χ0n) is 17.6. The molecule has 0 spiro atoms. The van der Waals surface area contributed by atoms with Crippen molar-refractivity contribution < 1.29 is 21.6 Å². The molecule has 0 unspecified atom stereocenters. The van der Waals surface area contributed by atoms with E-state index in [1.165, 1.54) is 6.07 Å². The number of benzene rings is 2. The van der Waals surface area contributed by atoms with Crippen LogP contribution in [0.5, 0.6) is 0 Å². The molecule has 2 rings (SSSR count). The summed E-state index contributed by atoms with van der Waals surface area (Å²) in [6.07, 6.45) is 0.797. The first-order valence-corrected chi connectivity index (χ1v) is 10.9. The van der Waals surface area contributed by atoms with Crippen LogP contribution in [0, 0.1) is 20.8 Å². The molecule has 2 aromatic carbocycles. The molecule has 30 heavy (non-hydrogen) atoms. The van der Waals surface area contributed by atoms with Crippen molar-refractivity contribution in [1.29, 1.82) is 0 Å². The molecule has 0 saturated carbocycles. The van der Waals surface area contributed by atoms with Crippen LogP contribution in [0.4, 0.5) is 24.5 Å². The summed E-state index contributed by atoms with van der Waals surface area (Å²) >= 11 is 0. The van der Waals surface area contributed by atoms with Crippen molar-refractivity contribution in [3.8, 4) is 0 Å². The lowest BCUT2D eigenvalue weighted by atomic mass is 10.1. The fourth-order valence-corrected chi connectivity index (χ4v) is 3.60. The summed E-state index contributed by atoms with van der Waals surface area (Å²) < 4.78 is 63.4. The van der Waals surface area contributed by atoms with E-state index >= 15 is 0 Å². The molecule has 0 aliphatic heterocycles. The number of halogens is 3. The standard InChI is InChI=1S/C21H26F3N3O2S/c1-6-11-27(20-10-8-14(2)12-16(20)4)25-17(5)18-13-15(3)7-9-19(18)26-30(28,29)21(22,23)24/h7-10,12-13,26H,6,11H2,1-5H3/b25-17+. The second-order valence-electron chi connectivity index (χ2n) is 7.20. The maximum atomic E-state index is 12.9. The first kappa shape index (κ1) is 23.7. The highest BCUT2D eigenvalue weighted by Gasteiger charge is 2.46. The third kappa shape index (κ3) is 5.53. The Bertz CT molecular complexity index is 1050. The molecule has 0 saturated heterocycles. The summed E-state index contributed by atoms with van der Waals surface area (Å²) in [5.74, 6) is 0. The number of alkyl halides is 3. The smallest absolute Gasteiger partial charge is 0.275 e. The largest absolute Gasteiger partial charge is 0.516 e. The van der Waals surface area contributed by atoms with Crippen LogP contribution in [-0.4, -0.2) is 26.2 Å². The molecule has 164 valence electrons. The summed E-state index contributed by atoms with van der Waals surface area (Å²) in [5, 5.41) is 6.41. The number of hydrazone groups is 1. The Morgan fingerprint density at radius 3 is 2.23 bits per heavy atom. The van der Waals surface area contributed by atoms with Gasteiger partial charge in [0.25, 0.3) is 0 Å². The van der Waals surface area contributed by atoms with Crippen molar-refractivity contribution in [2.24, 2.45) is 5.10 Å². The van der Waals surface area contributed by atoms with E-state index in [-0.39, 0.29) is 11.3 Å². The van der Waals surface area contributed by atoms with Crippen molar-refractivity contribution in [1.82, 2.24) is 0 Å². The number of hydrogen-bond acceptors (Lipinski definition) is 4. The second-order valence-corrected chi connectivity index (χ2v) is 8.87. The highest BCUT2D eigenvalue weighted by Crippen LogP contribution is 2.29. The zero-order valence-corrected chi connectivity index (χ0v) is 18.4. The quantitative estimate of drug-likeness (QED) is 0.455. The molecule has 0 heterocycles. The maximum Gasteiger partial charge on any atom is 0.516 e. The van der Waals surface area contributed by atoms with Crippen LogP contribution in [0.2, 0.25) is 0 Å². The highest BCUT2D eigenvalue weighted by molar-refractivity contribution is 7.93. The maximum absolute atomic E-state index is 12.9. The Morgan fingerprint density at radius 1 is 1.07 bits per heavy atom. The van der Waals surface area contributed by atoms with Gasteiger partial charge in [-0.05, 0) is 57.9 Å². The molecule has 1 N–H and O–H groups in total. The summed E-state index contributed by atoms with van der Waals surface area (Å²) in [5.41, 5.74) is -1.13. The van der Waals surface area contributed by atoms with E-state index in [0.717, 1.165) is 28.8 Å². The number of sulfonamides is 1. The van der Waals surface area contributed by atoms with Gasteiger partial charge in [-0.25, -0.2) is 0 Å². The number of hydrogen-bond donors (Lipinski definition) is 1. The topological polar surface area (TPSA) is 61.8 Å². The van der Waals surface area contributed by atoms with Gasteiger partial charge in [0.05, 0.1) is 17.1 Å². The Kier molecular flexibility index (Phi) is 7.18. The van der Waals surface area contributed by atoms with Gasteiger partial charge in [-0.3, -0.25) is 9.73 Å². The summed E-state index contributed by atoms with van der Waals surface area (Å²) in [6.45, 7) is 9.96. The molecular formula is C21H26F3N3O2S. The van der Waals surface area contributed by atoms with Gasteiger partial charge in [0.1, 0.15) is 0 Å². The van der Waals surface area contributed by atoms with E-state index in [1.807, 2.05) is 39.0 Å². The summed E-state index contributed by atoms with van der Waals surface area (Å²) in [4.78, 5) is 0. The van der Waals surface area contributed by atoms with Crippen LogP contribution < -0.4 is 9.73 Å². The molecule has 9 heteroatoms. The lowest BCUT2D eigenvalue weighted by Crippen LogP contribution is -2.30. The molecule has 2 aromatic rings. The number of nitrogens with zero attached hydrogens (tertiary/aromatic N) is 2. The van der Waals surface area contributed by atoms with Gasteiger partial charge >= 0.3 is 15.5 Å². The molecule has 0 aliphatic rings. The Morgan fingerprint density at radius 2 is 1.67 bits per heavy atom. The average molecular weight is 442 g/mol. The molecule has 0 aromatic heterocycles. The molecule has 5 nitrogen and oxygen atoms in total. The first-order valence-electron chi connectivity index (χ1n) is 9.46. The minimum atomic E-state index is -5.54.